The maximum Gasteiger partial charge on any atom is 0.254 e. The van der Waals surface area contributed by atoms with Crippen LogP contribution in [0.25, 0.3) is 0 Å². The van der Waals surface area contributed by atoms with Crippen LogP contribution in [-0.4, -0.2) is 63.1 Å². The second-order valence-electron chi connectivity index (χ2n) is 8.05. The molecule has 3 aromatic rings. The molecule has 0 bridgehead atoms. The molecule has 1 aliphatic rings. The number of nitrogens with one attached hydrogen (secondary N) is 1. The molecule has 4 rings (SSSR count). The van der Waals surface area contributed by atoms with E-state index in [2.05, 4.69) is 20.3 Å². The molecular formula is C24H24ClFN6O2S. The first-order valence-electron chi connectivity index (χ1n) is 11.0. The molecule has 1 aromatic carbocycles. The smallest absolute Gasteiger partial charge is 0.254 e. The number of pyridine rings is 1. The van der Waals surface area contributed by atoms with Gasteiger partial charge in [-0.2, -0.15) is 0 Å². The number of hydrogen-bond acceptors (Lipinski definition) is 7. The number of anilines is 1. The molecule has 1 N–H and O–H groups in total. The molecule has 0 saturated carbocycles. The Morgan fingerprint density at radius 3 is 2.60 bits per heavy atom. The van der Waals surface area contributed by atoms with Gasteiger partial charge in [0.15, 0.2) is 5.16 Å². The van der Waals surface area contributed by atoms with E-state index < -0.39 is 0 Å². The van der Waals surface area contributed by atoms with Crippen molar-refractivity contribution in [1.29, 1.82) is 0 Å². The lowest BCUT2D eigenvalue weighted by molar-refractivity contribution is -0.118. The molecule has 1 fully saturated rings. The molecule has 2 aromatic heterocycles. The lowest BCUT2D eigenvalue weighted by atomic mass is 10.1. The highest BCUT2D eigenvalue weighted by atomic mass is 35.5. The summed E-state index contributed by atoms with van der Waals surface area (Å²) in [6, 6.07) is 10.8. The summed E-state index contributed by atoms with van der Waals surface area (Å²) in [7, 11) is 0. The number of amides is 2. The zero-order chi connectivity index (χ0) is 24.8. The Kier molecular flexibility index (Phi) is 8.14. The highest BCUT2D eigenvalue weighted by Crippen LogP contribution is 2.24. The zero-order valence-electron chi connectivity index (χ0n) is 19.0. The molecule has 8 nitrogen and oxygen atoms in total. The van der Waals surface area contributed by atoms with E-state index in [4.69, 9.17) is 11.6 Å². The summed E-state index contributed by atoms with van der Waals surface area (Å²) in [5, 5.41) is 3.55. The van der Waals surface area contributed by atoms with Gasteiger partial charge >= 0.3 is 0 Å². The Morgan fingerprint density at radius 2 is 1.89 bits per heavy atom. The van der Waals surface area contributed by atoms with Crippen molar-refractivity contribution in [3.8, 4) is 0 Å². The number of thioether (sulfide) groups is 1. The summed E-state index contributed by atoms with van der Waals surface area (Å²) in [5.74, 6) is 0.150. The van der Waals surface area contributed by atoms with Crippen LogP contribution in [0.5, 0.6) is 0 Å². The number of piperazine rings is 1. The van der Waals surface area contributed by atoms with Gasteiger partial charge in [-0.15, -0.1) is 0 Å². The number of aromatic nitrogens is 3. The van der Waals surface area contributed by atoms with E-state index in [1.54, 1.807) is 23.4 Å². The van der Waals surface area contributed by atoms with Gasteiger partial charge in [-0.05, 0) is 48.9 Å². The predicted octanol–water partition coefficient (Wildman–Crippen LogP) is 3.42. The summed E-state index contributed by atoms with van der Waals surface area (Å²) in [5.41, 5.74) is 1.42. The second-order valence-corrected chi connectivity index (χ2v) is 9.38. The Labute approximate surface area is 211 Å². The summed E-state index contributed by atoms with van der Waals surface area (Å²) in [6.07, 6.45) is 3.36. The summed E-state index contributed by atoms with van der Waals surface area (Å²) in [6.45, 7) is 3.97. The van der Waals surface area contributed by atoms with Crippen LogP contribution < -0.4 is 10.2 Å². The molecular weight excluding hydrogens is 491 g/mol. The van der Waals surface area contributed by atoms with Crippen molar-refractivity contribution >= 4 is 41.0 Å². The fourth-order valence-electron chi connectivity index (χ4n) is 3.72. The van der Waals surface area contributed by atoms with E-state index in [0.717, 1.165) is 5.56 Å². The molecule has 1 unspecified atom stereocenters. The second kappa shape index (κ2) is 11.5. The Hall–Kier alpha value is -3.24. The minimum atomic E-state index is -0.375. The minimum absolute atomic E-state index is 0.0925. The molecule has 2 amide bonds. The van der Waals surface area contributed by atoms with Gasteiger partial charge in [-0.25, -0.2) is 14.4 Å². The Morgan fingerprint density at radius 1 is 1.14 bits per heavy atom. The topological polar surface area (TPSA) is 91.3 Å². The third kappa shape index (κ3) is 6.67. The highest BCUT2D eigenvalue weighted by Gasteiger charge is 2.29. The van der Waals surface area contributed by atoms with Crippen molar-refractivity contribution in [3.63, 3.8) is 0 Å². The van der Waals surface area contributed by atoms with Crippen molar-refractivity contribution in [2.24, 2.45) is 0 Å². The van der Waals surface area contributed by atoms with Gasteiger partial charge in [0.1, 0.15) is 16.8 Å². The van der Waals surface area contributed by atoms with Gasteiger partial charge in [-0.1, -0.05) is 23.4 Å². The SMILES string of the molecule is CC1CN(c2cc(Cl)nc(SCC(=O)NCc3ccncc3)n2)CCN1C(=O)c1ccc(F)cc1. The summed E-state index contributed by atoms with van der Waals surface area (Å²) >= 11 is 7.45. The third-order valence-corrected chi connectivity index (χ3v) is 6.58. The van der Waals surface area contributed by atoms with E-state index in [1.807, 2.05) is 24.0 Å². The van der Waals surface area contributed by atoms with Crippen LogP contribution >= 0.6 is 23.4 Å². The minimum Gasteiger partial charge on any atom is -0.353 e. The van der Waals surface area contributed by atoms with Crippen molar-refractivity contribution in [3.05, 3.63) is 77.0 Å². The van der Waals surface area contributed by atoms with Gasteiger partial charge in [0, 0.05) is 56.2 Å². The first-order chi connectivity index (χ1) is 16.9. The molecule has 0 spiro atoms. The number of hydrogen-bond donors (Lipinski definition) is 1. The number of carbonyl (C=O) groups is 2. The third-order valence-electron chi connectivity index (χ3n) is 5.54. The molecule has 0 aliphatic carbocycles. The highest BCUT2D eigenvalue weighted by molar-refractivity contribution is 7.99. The standard InChI is InChI=1S/C24H24ClFN6O2S/c1-16-14-31(10-11-32(16)23(34)18-2-4-19(26)5-3-18)21-12-20(25)29-24(30-21)35-15-22(33)28-13-17-6-8-27-9-7-17/h2-9,12,16H,10-11,13-15H2,1H3,(H,28,33). The largest absolute Gasteiger partial charge is 0.353 e. The monoisotopic (exact) mass is 514 g/mol. The van der Waals surface area contributed by atoms with Crippen molar-refractivity contribution < 1.29 is 14.0 Å². The first-order valence-corrected chi connectivity index (χ1v) is 12.4. The van der Waals surface area contributed by atoms with Crippen LogP contribution in [0.15, 0.2) is 60.0 Å². The molecule has 0 radical (unpaired) electrons. The number of halogens is 2. The van der Waals surface area contributed by atoms with Crippen LogP contribution in [0.2, 0.25) is 5.15 Å². The van der Waals surface area contributed by atoms with Crippen molar-refractivity contribution in [2.45, 2.75) is 24.7 Å². The van der Waals surface area contributed by atoms with E-state index in [9.17, 15) is 14.0 Å². The number of nitrogens with zero attached hydrogens (tertiary/aromatic N) is 5. The zero-order valence-corrected chi connectivity index (χ0v) is 20.6. The van der Waals surface area contributed by atoms with Gasteiger partial charge in [0.25, 0.3) is 5.91 Å². The van der Waals surface area contributed by atoms with E-state index >= 15 is 0 Å². The molecule has 35 heavy (non-hydrogen) atoms. The normalized spacial score (nSPS) is 15.7. The van der Waals surface area contributed by atoms with E-state index in [1.165, 1.54) is 36.0 Å². The van der Waals surface area contributed by atoms with Gasteiger partial charge < -0.3 is 15.1 Å². The number of carbonyl (C=O) groups excluding carboxylic acids is 2. The van der Waals surface area contributed by atoms with Gasteiger partial charge in [0.05, 0.1) is 5.75 Å². The van der Waals surface area contributed by atoms with Crippen LogP contribution in [0.3, 0.4) is 0 Å². The average Bonchev–Trinajstić information content (AvgIpc) is 2.86. The maximum absolute atomic E-state index is 13.2. The Bertz CT molecular complexity index is 1180. The quantitative estimate of drug-likeness (QED) is 0.293. The Balaban J connectivity index is 1.34. The number of benzene rings is 1. The molecule has 1 aliphatic heterocycles. The predicted molar refractivity (Wildman–Crippen MR) is 133 cm³/mol. The molecule has 3 heterocycles. The summed E-state index contributed by atoms with van der Waals surface area (Å²) < 4.78 is 13.2. The van der Waals surface area contributed by atoms with Crippen molar-refractivity contribution in [1.82, 2.24) is 25.2 Å². The average molecular weight is 515 g/mol. The van der Waals surface area contributed by atoms with Crippen LogP contribution in [-0.2, 0) is 11.3 Å². The fraction of sp³-hybridized carbons (Fsp3) is 0.292. The summed E-state index contributed by atoms with van der Waals surface area (Å²) in [4.78, 5) is 41.7. The lowest BCUT2D eigenvalue weighted by Gasteiger charge is -2.40. The van der Waals surface area contributed by atoms with Crippen LogP contribution in [0.4, 0.5) is 10.2 Å². The molecule has 1 saturated heterocycles. The van der Waals surface area contributed by atoms with Crippen LogP contribution in [0.1, 0.15) is 22.8 Å². The molecule has 182 valence electrons. The first kappa shape index (κ1) is 24.9. The van der Waals surface area contributed by atoms with Crippen LogP contribution in [0, 0.1) is 5.82 Å². The lowest BCUT2D eigenvalue weighted by Crippen LogP contribution is -2.54. The fourth-order valence-corrected chi connectivity index (χ4v) is 4.63. The van der Waals surface area contributed by atoms with Gasteiger partial charge in [0.2, 0.25) is 5.91 Å². The maximum atomic E-state index is 13.2. The van der Waals surface area contributed by atoms with E-state index in [0.29, 0.717) is 42.7 Å². The van der Waals surface area contributed by atoms with E-state index in [-0.39, 0.29) is 34.6 Å². The molecule has 1 atom stereocenters. The number of rotatable bonds is 7. The van der Waals surface area contributed by atoms with Gasteiger partial charge in [-0.3, -0.25) is 14.6 Å². The van der Waals surface area contributed by atoms with Crippen molar-refractivity contribution in [2.75, 3.05) is 30.3 Å². The molecule has 11 heteroatoms.